The normalized spacial score (nSPS) is 12.9. The summed E-state index contributed by atoms with van der Waals surface area (Å²) in [5, 5.41) is 5.67. The van der Waals surface area contributed by atoms with E-state index in [0.717, 1.165) is 23.6 Å². The number of aryl methyl sites for hydroxylation is 2. The maximum atomic E-state index is 4.71. The van der Waals surface area contributed by atoms with Crippen LogP contribution in [0.2, 0.25) is 0 Å². The van der Waals surface area contributed by atoms with Gasteiger partial charge in [-0.1, -0.05) is 30.7 Å². The molecule has 0 aliphatic carbocycles. The van der Waals surface area contributed by atoms with Crippen LogP contribution in [0.3, 0.4) is 0 Å². The number of nitrogens with zero attached hydrogens (tertiary/aromatic N) is 2. The van der Waals surface area contributed by atoms with Crippen LogP contribution < -0.4 is 5.32 Å². The van der Waals surface area contributed by atoms with Crippen LogP contribution in [0.5, 0.6) is 0 Å². The third kappa shape index (κ3) is 3.01. The van der Waals surface area contributed by atoms with E-state index < -0.39 is 0 Å². The fraction of sp³-hybridized carbons (Fsp3) is 0.353. The van der Waals surface area contributed by atoms with E-state index >= 15 is 0 Å². The second kappa shape index (κ2) is 6.00. The van der Waals surface area contributed by atoms with Crippen LogP contribution >= 0.6 is 11.3 Å². The molecule has 3 nitrogen and oxygen atoms in total. The van der Waals surface area contributed by atoms with Gasteiger partial charge in [0.25, 0.3) is 0 Å². The lowest BCUT2D eigenvalue weighted by atomic mass is 9.96. The summed E-state index contributed by atoms with van der Waals surface area (Å²) < 4.78 is 2.10. The van der Waals surface area contributed by atoms with Gasteiger partial charge in [0, 0.05) is 30.2 Å². The molecule has 0 radical (unpaired) electrons. The van der Waals surface area contributed by atoms with Crippen molar-refractivity contribution in [3.63, 3.8) is 0 Å². The Hall–Kier alpha value is -1.65. The van der Waals surface area contributed by atoms with Crippen molar-refractivity contribution in [2.45, 2.75) is 33.2 Å². The average Bonchev–Trinajstić information content (AvgIpc) is 2.99. The van der Waals surface area contributed by atoms with Crippen molar-refractivity contribution >= 4 is 16.3 Å². The Labute approximate surface area is 129 Å². The molecule has 0 saturated carbocycles. The minimum Gasteiger partial charge on any atom is -0.310 e. The van der Waals surface area contributed by atoms with Gasteiger partial charge in [-0.2, -0.15) is 0 Å². The predicted octanol–water partition coefficient (Wildman–Crippen LogP) is 3.91. The molecule has 3 rings (SSSR count). The highest BCUT2D eigenvalue weighted by atomic mass is 32.1. The van der Waals surface area contributed by atoms with Crippen LogP contribution in [0, 0.1) is 13.8 Å². The molecule has 0 saturated heterocycles. The molecule has 3 aromatic rings. The van der Waals surface area contributed by atoms with Gasteiger partial charge in [-0.15, -0.1) is 11.3 Å². The first kappa shape index (κ1) is 14.3. The number of aromatic nitrogens is 2. The molecule has 4 heteroatoms. The second-order valence-electron chi connectivity index (χ2n) is 5.50. The molecule has 21 heavy (non-hydrogen) atoms. The number of hydrogen-bond acceptors (Lipinski definition) is 3. The van der Waals surface area contributed by atoms with Gasteiger partial charge >= 0.3 is 0 Å². The summed E-state index contributed by atoms with van der Waals surface area (Å²) >= 11 is 1.68. The number of fused-ring (bicyclic) bond motifs is 1. The Morgan fingerprint density at radius 2 is 2.19 bits per heavy atom. The maximum absolute atomic E-state index is 4.71. The molecular formula is C17H21N3S. The predicted molar refractivity (Wildman–Crippen MR) is 89.1 cm³/mol. The molecule has 2 heterocycles. The zero-order valence-corrected chi connectivity index (χ0v) is 13.6. The van der Waals surface area contributed by atoms with Crippen molar-refractivity contribution < 1.29 is 0 Å². The van der Waals surface area contributed by atoms with E-state index in [1.807, 2.05) is 0 Å². The highest BCUT2D eigenvalue weighted by Crippen LogP contribution is 2.23. The quantitative estimate of drug-likeness (QED) is 0.774. The van der Waals surface area contributed by atoms with Gasteiger partial charge in [-0.05, 0) is 31.5 Å². The fourth-order valence-corrected chi connectivity index (χ4v) is 3.56. The average molecular weight is 299 g/mol. The summed E-state index contributed by atoms with van der Waals surface area (Å²) in [6.45, 7) is 7.45. The molecule has 0 fully saturated rings. The first-order valence-corrected chi connectivity index (χ1v) is 8.27. The minimum absolute atomic E-state index is 0.320. The molecular weight excluding hydrogens is 278 g/mol. The van der Waals surface area contributed by atoms with E-state index in [1.54, 1.807) is 11.3 Å². The number of likely N-dealkylation sites (N-methyl/N-ethyl adjacent to an activating group) is 1. The second-order valence-corrected chi connectivity index (χ2v) is 6.37. The van der Waals surface area contributed by atoms with Crippen molar-refractivity contribution in [3.05, 3.63) is 58.4 Å². The van der Waals surface area contributed by atoms with E-state index in [4.69, 9.17) is 4.98 Å². The molecule has 0 aliphatic rings. The lowest BCUT2D eigenvalue weighted by Crippen LogP contribution is -2.24. The van der Waals surface area contributed by atoms with Crippen molar-refractivity contribution in [2.75, 3.05) is 6.54 Å². The Morgan fingerprint density at radius 1 is 1.33 bits per heavy atom. The standard InChI is InChI=1S/C17H21N3S/c1-4-18-16(15-6-5-12(2)9-13(15)3)10-14-11-20-7-8-21-17(20)19-14/h5-9,11,16,18H,4,10H2,1-3H3. The number of imidazole rings is 1. The van der Waals surface area contributed by atoms with Gasteiger partial charge in [0.05, 0.1) is 5.69 Å². The highest BCUT2D eigenvalue weighted by molar-refractivity contribution is 7.15. The Balaban J connectivity index is 1.88. The van der Waals surface area contributed by atoms with Crippen LogP contribution in [-0.4, -0.2) is 15.9 Å². The summed E-state index contributed by atoms with van der Waals surface area (Å²) in [5.74, 6) is 0. The lowest BCUT2D eigenvalue weighted by Gasteiger charge is -2.20. The Kier molecular flexibility index (Phi) is 4.08. The topological polar surface area (TPSA) is 29.3 Å². The molecule has 110 valence electrons. The molecule has 0 amide bonds. The SMILES string of the molecule is CCNC(Cc1cn2ccsc2n1)c1ccc(C)cc1C. The minimum atomic E-state index is 0.320. The van der Waals surface area contributed by atoms with Gasteiger partial charge in [-0.25, -0.2) is 4.98 Å². The molecule has 0 bridgehead atoms. The van der Waals surface area contributed by atoms with Gasteiger partial charge in [0.2, 0.25) is 0 Å². The van der Waals surface area contributed by atoms with Crippen LogP contribution in [0.4, 0.5) is 0 Å². The summed E-state index contributed by atoms with van der Waals surface area (Å²) in [7, 11) is 0. The van der Waals surface area contributed by atoms with Gasteiger partial charge < -0.3 is 5.32 Å². The smallest absolute Gasteiger partial charge is 0.193 e. The van der Waals surface area contributed by atoms with Crippen molar-refractivity contribution in [2.24, 2.45) is 0 Å². The third-order valence-electron chi connectivity index (χ3n) is 3.81. The molecule has 1 unspecified atom stereocenters. The van der Waals surface area contributed by atoms with Crippen LogP contribution in [0.1, 0.15) is 35.3 Å². The van der Waals surface area contributed by atoms with Crippen LogP contribution in [0.25, 0.3) is 4.96 Å². The van der Waals surface area contributed by atoms with Crippen molar-refractivity contribution in [1.82, 2.24) is 14.7 Å². The van der Waals surface area contributed by atoms with Gasteiger partial charge in [-0.3, -0.25) is 4.40 Å². The largest absolute Gasteiger partial charge is 0.310 e. The molecule has 1 atom stereocenters. The number of benzene rings is 1. The van der Waals surface area contributed by atoms with E-state index in [1.165, 1.54) is 16.7 Å². The van der Waals surface area contributed by atoms with Crippen molar-refractivity contribution in [1.29, 1.82) is 0 Å². The van der Waals surface area contributed by atoms with E-state index in [-0.39, 0.29) is 0 Å². The van der Waals surface area contributed by atoms with E-state index in [9.17, 15) is 0 Å². The van der Waals surface area contributed by atoms with Gasteiger partial charge in [0.1, 0.15) is 0 Å². The number of rotatable bonds is 5. The Morgan fingerprint density at radius 3 is 2.90 bits per heavy atom. The summed E-state index contributed by atoms with van der Waals surface area (Å²) in [4.78, 5) is 5.78. The summed E-state index contributed by atoms with van der Waals surface area (Å²) in [6, 6.07) is 7.01. The Bertz CT molecular complexity index is 713. The first-order chi connectivity index (χ1) is 10.2. The number of thiazole rings is 1. The third-order valence-corrected chi connectivity index (χ3v) is 4.58. The van der Waals surface area contributed by atoms with E-state index in [0.29, 0.717) is 6.04 Å². The zero-order chi connectivity index (χ0) is 14.8. The van der Waals surface area contributed by atoms with E-state index in [2.05, 4.69) is 66.5 Å². The van der Waals surface area contributed by atoms with Crippen LogP contribution in [0.15, 0.2) is 36.0 Å². The maximum Gasteiger partial charge on any atom is 0.193 e. The zero-order valence-electron chi connectivity index (χ0n) is 12.8. The number of nitrogens with one attached hydrogen (secondary N) is 1. The first-order valence-electron chi connectivity index (χ1n) is 7.39. The summed E-state index contributed by atoms with van der Waals surface area (Å²) in [6.07, 6.45) is 5.13. The molecule has 2 aromatic heterocycles. The monoisotopic (exact) mass is 299 g/mol. The summed E-state index contributed by atoms with van der Waals surface area (Å²) in [5.41, 5.74) is 5.18. The molecule has 1 N–H and O–H groups in total. The van der Waals surface area contributed by atoms with Crippen molar-refractivity contribution in [3.8, 4) is 0 Å². The highest BCUT2D eigenvalue weighted by Gasteiger charge is 2.15. The lowest BCUT2D eigenvalue weighted by molar-refractivity contribution is 0.543. The van der Waals surface area contributed by atoms with Crippen LogP contribution in [-0.2, 0) is 6.42 Å². The molecule has 0 spiro atoms. The fourth-order valence-electron chi connectivity index (χ4n) is 2.84. The number of hydrogen-bond donors (Lipinski definition) is 1. The molecule has 0 aliphatic heterocycles. The molecule has 1 aromatic carbocycles. The van der Waals surface area contributed by atoms with Gasteiger partial charge in [0.15, 0.2) is 4.96 Å².